The first-order valence-corrected chi connectivity index (χ1v) is 18.2. The third-order valence-electron chi connectivity index (χ3n) is 12.6. The molecule has 4 fully saturated rings. The van der Waals surface area contributed by atoms with Crippen LogP contribution in [0.1, 0.15) is 69.4 Å². The summed E-state index contributed by atoms with van der Waals surface area (Å²) < 4.78 is 24.0. The van der Waals surface area contributed by atoms with Crippen LogP contribution in [0.4, 0.5) is 0 Å². The van der Waals surface area contributed by atoms with Gasteiger partial charge in [0.2, 0.25) is 11.6 Å². The Hall–Kier alpha value is -3.99. The van der Waals surface area contributed by atoms with Crippen molar-refractivity contribution in [1.29, 1.82) is 0 Å². The van der Waals surface area contributed by atoms with E-state index in [2.05, 4.69) is 5.23 Å². The fourth-order valence-electron chi connectivity index (χ4n) is 9.72. The number of aliphatic hydroxyl groups is 3. The minimum atomic E-state index is -2.31. The summed E-state index contributed by atoms with van der Waals surface area (Å²) in [5, 5.41) is 49.4. The molecule has 2 bridgehead atoms. The van der Waals surface area contributed by atoms with E-state index in [4.69, 9.17) is 18.9 Å². The largest absolute Gasteiger partial charge is 0.460 e. The molecule has 2 aromatic rings. The van der Waals surface area contributed by atoms with Crippen LogP contribution in [-0.2, 0) is 38.1 Å². The van der Waals surface area contributed by atoms with E-state index in [9.17, 15) is 44.3 Å². The molecular formula is C39H48BNO13. The number of esters is 3. The van der Waals surface area contributed by atoms with Crippen molar-refractivity contribution >= 4 is 36.5 Å². The molecule has 0 spiro atoms. The van der Waals surface area contributed by atoms with Crippen LogP contribution in [0.2, 0.25) is 6.82 Å². The van der Waals surface area contributed by atoms with Gasteiger partial charge in [-0.3, -0.25) is 14.4 Å². The van der Waals surface area contributed by atoms with Crippen molar-refractivity contribution in [1.82, 2.24) is 5.23 Å². The molecule has 1 saturated heterocycles. The lowest BCUT2D eigenvalue weighted by Gasteiger charge is -2.67. The van der Waals surface area contributed by atoms with E-state index in [0.717, 1.165) is 6.92 Å². The second-order valence-electron chi connectivity index (χ2n) is 16.1. The molecule has 3 saturated carbocycles. The van der Waals surface area contributed by atoms with E-state index in [1.165, 1.54) is 25.9 Å². The van der Waals surface area contributed by atoms with Gasteiger partial charge in [-0.1, -0.05) is 69.3 Å². The third-order valence-corrected chi connectivity index (χ3v) is 12.6. The number of benzene rings is 2. The molecule has 2 aromatic carbocycles. The minimum Gasteiger partial charge on any atom is -0.460 e. The maximum Gasteiger partial charge on any atom is 0.374 e. The van der Waals surface area contributed by atoms with Gasteiger partial charge in [0, 0.05) is 37.0 Å². The highest BCUT2D eigenvalue weighted by Gasteiger charge is 2.79. The normalized spacial score (nSPS) is 36.4. The molecule has 0 radical (unpaired) electrons. The maximum atomic E-state index is 14.8. The number of ether oxygens (including phenoxy) is 4. The second-order valence-corrected chi connectivity index (χ2v) is 16.1. The third kappa shape index (κ3) is 6.18. The van der Waals surface area contributed by atoms with Crippen LogP contribution in [0.3, 0.4) is 0 Å². The van der Waals surface area contributed by atoms with Gasteiger partial charge >= 0.3 is 25.0 Å². The quantitative estimate of drug-likeness (QED) is 0.107. The Morgan fingerprint density at radius 2 is 1.61 bits per heavy atom. The van der Waals surface area contributed by atoms with E-state index in [1.807, 2.05) is 0 Å². The molecule has 1 heterocycles. The summed E-state index contributed by atoms with van der Waals surface area (Å²) in [6, 6.07) is 15.2. The van der Waals surface area contributed by atoms with Gasteiger partial charge in [0.15, 0.2) is 11.7 Å². The lowest BCUT2D eigenvalue weighted by molar-refractivity contribution is -0.350. The van der Waals surface area contributed by atoms with E-state index in [1.54, 1.807) is 69.3 Å². The molecule has 12 atom stereocenters. The SMILES string of the molecule is CB(O)N[C@@H](c1ccccc1)[C@@H](O)C(=O)O[C@H]1C[C@@]2(O)[C@@H](OC(=O)c3ccccc3)[C@@H]3[C@]4(OC(C)=O)CO[C@@H]4C[C@H](O)[C@@]3(C)C(=O)C(=O)C(C1C)C2(C)C. The lowest BCUT2D eigenvalue weighted by atomic mass is 9.42. The molecule has 14 nitrogen and oxygen atoms in total. The summed E-state index contributed by atoms with van der Waals surface area (Å²) in [6.45, 7) is 8.35. The highest BCUT2D eigenvalue weighted by atomic mass is 16.6. The first kappa shape index (κ1) is 39.7. The topological polar surface area (TPSA) is 215 Å². The smallest absolute Gasteiger partial charge is 0.374 e. The molecule has 290 valence electrons. The predicted octanol–water partition coefficient (Wildman–Crippen LogP) is 1.58. The molecule has 3 aliphatic carbocycles. The van der Waals surface area contributed by atoms with Crippen LogP contribution in [0.25, 0.3) is 0 Å². The molecule has 54 heavy (non-hydrogen) atoms. The number of nitrogens with one attached hydrogen (secondary N) is 1. The standard InChI is InChI=1S/C39H48BNO13/c1-20-24(52-35(48)30(45)28(41-40(6)50)22-13-9-7-10-14-22)18-39(49)33(53-34(47)23-15-11-8-12-16-23)31-37(5,32(46)29(44)27(20)36(39,3)4)25(43)17-26-38(31,19-51-26)54-21(2)42/h7-16,20,24-28,30-31,33,41,43,45,49-50H,17-19H2,1-6H3/t20?,24-,25-,26+,27?,28-,30+,31-,33-,37+,38-,39+/m0/s1. The molecule has 1 aliphatic heterocycles. The number of aliphatic hydroxyl groups excluding tert-OH is 2. The number of ketones is 2. The van der Waals surface area contributed by atoms with Gasteiger partial charge in [0.1, 0.15) is 23.9 Å². The van der Waals surface area contributed by atoms with E-state index in [0.29, 0.717) is 5.56 Å². The zero-order valence-electron chi connectivity index (χ0n) is 31.1. The Morgan fingerprint density at radius 3 is 2.17 bits per heavy atom. The van der Waals surface area contributed by atoms with Gasteiger partial charge in [0.05, 0.1) is 35.6 Å². The van der Waals surface area contributed by atoms with E-state index >= 15 is 0 Å². The summed E-state index contributed by atoms with van der Waals surface area (Å²) in [4.78, 5) is 70.2. The van der Waals surface area contributed by atoms with E-state index < -0.39 is 119 Å². The highest BCUT2D eigenvalue weighted by Crippen LogP contribution is 2.64. The molecule has 5 N–H and O–H groups in total. The van der Waals surface area contributed by atoms with Gasteiger partial charge in [-0.05, 0) is 31.4 Å². The van der Waals surface area contributed by atoms with Crippen LogP contribution < -0.4 is 5.23 Å². The van der Waals surface area contributed by atoms with Crippen LogP contribution in [0, 0.1) is 28.6 Å². The molecular weight excluding hydrogens is 701 g/mol. The van der Waals surface area contributed by atoms with Crippen LogP contribution in [0.5, 0.6) is 0 Å². The average molecular weight is 750 g/mol. The predicted molar refractivity (Wildman–Crippen MR) is 190 cm³/mol. The number of Topliss-reactive ketones (excluding diaryl/α,β-unsaturated/α-hetero) is 2. The van der Waals surface area contributed by atoms with Gasteiger partial charge in [0.25, 0.3) is 0 Å². The number of hydrogen-bond donors (Lipinski definition) is 5. The first-order chi connectivity index (χ1) is 25.3. The van der Waals surface area contributed by atoms with Crippen molar-refractivity contribution < 1.29 is 63.3 Å². The number of carbonyl (C=O) groups excluding carboxylic acids is 5. The monoisotopic (exact) mass is 749 g/mol. The molecule has 0 aromatic heterocycles. The summed E-state index contributed by atoms with van der Waals surface area (Å²) in [5.74, 6) is -8.64. The first-order valence-electron chi connectivity index (χ1n) is 18.2. The maximum absolute atomic E-state index is 14.8. The Kier molecular flexibility index (Phi) is 10.5. The summed E-state index contributed by atoms with van der Waals surface area (Å²) in [5.41, 5.74) is -7.11. The summed E-state index contributed by atoms with van der Waals surface area (Å²) in [6.07, 6.45) is -8.19. The molecule has 2 unspecified atom stereocenters. The number of hydrogen-bond acceptors (Lipinski definition) is 14. The van der Waals surface area contributed by atoms with Crippen molar-refractivity contribution in [3.63, 3.8) is 0 Å². The van der Waals surface area contributed by atoms with Gasteiger partial charge in [-0.2, -0.15) is 0 Å². The van der Waals surface area contributed by atoms with Crippen molar-refractivity contribution in [2.24, 2.45) is 28.6 Å². The number of carbonyl (C=O) groups is 5. The summed E-state index contributed by atoms with van der Waals surface area (Å²) in [7, 11) is -1.15. The molecule has 15 heteroatoms. The van der Waals surface area contributed by atoms with Gasteiger partial charge < -0.3 is 44.5 Å². The minimum absolute atomic E-state index is 0.0915. The van der Waals surface area contributed by atoms with E-state index in [-0.39, 0.29) is 18.6 Å². The Labute approximate surface area is 313 Å². The van der Waals surface area contributed by atoms with Crippen LogP contribution in [-0.4, -0.2) is 105 Å². The fourth-order valence-corrected chi connectivity index (χ4v) is 9.72. The Balaban J connectivity index is 1.50. The van der Waals surface area contributed by atoms with Crippen LogP contribution in [0.15, 0.2) is 60.7 Å². The zero-order valence-corrected chi connectivity index (χ0v) is 31.1. The number of rotatable bonds is 9. The summed E-state index contributed by atoms with van der Waals surface area (Å²) >= 11 is 0. The zero-order chi connectivity index (χ0) is 39.5. The Morgan fingerprint density at radius 1 is 1.00 bits per heavy atom. The van der Waals surface area contributed by atoms with Gasteiger partial charge in [-0.15, -0.1) is 0 Å². The number of fused-ring (bicyclic) bond motifs is 5. The molecule has 0 amide bonds. The van der Waals surface area contributed by atoms with Crippen molar-refractivity contribution in [3.05, 3.63) is 71.8 Å². The lowest BCUT2D eigenvalue weighted by Crippen LogP contribution is -2.82. The van der Waals surface area contributed by atoms with Gasteiger partial charge in [-0.25, -0.2) is 9.59 Å². The Bertz CT molecular complexity index is 1790. The molecule has 4 aliphatic rings. The average Bonchev–Trinajstić information content (AvgIpc) is 3.12. The molecule has 6 rings (SSSR count). The van der Waals surface area contributed by atoms with Crippen molar-refractivity contribution in [3.8, 4) is 0 Å². The van der Waals surface area contributed by atoms with Crippen molar-refractivity contribution in [2.45, 2.75) is 102 Å². The second kappa shape index (κ2) is 14.3. The fraction of sp³-hybridized carbons (Fsp3) is 0.564. The highest BCUT2D eigenvalue weighted by molar-refractivity contribution is 6.45. The van der Waals surface area contributed by atoms with Crippen molar-refractivity contribution in [2.75, 3.05) is 6.61 Å². The van der Waals surface area contributed by atoms with Crippen LogP contribution >= 0.6 is 0 Å².